The number of aliphatic hydroxyl groups excluding tert-OH is 2. The molecule has 0 rings (SSSR count). The number of thiol groups is 3. The van der Waals surface area contributed by atoms with Gasteiger partial charge in [0.05, 0.1) is 12.7 Å². The molecule has 0 aromatic heterocycles. The van der Waals surface area contributed by atoms with Gasteiger partial charge in [-0.3, -0.25) is 4.79 Å². The molecule has 0 aliphatic carbocycles. The molecular weight excluding hydrogens is 220 g/mol. The first-order chi connectivity index (χ1) is 5.45. The van der Waals surface area contributed by atoms with Gasteiger partial charge in [0.15, 0.2) is 0 Å². The van der Waals surface area contributed by atoms with E-state index in [0.717, 1.165) is 0 Å². The Morgan fingerprint density at radius 3 is 1.75 bits per heavy atom. The maximum absolute atomic E-state index is 9.55. The lowest BCUT2D eigenvalue weighted by Gasteiger charge is -1.96. The second-order valence-electron chi connectivity index (χ2n) is 1.73. The van der Waals surface area contributed by atoms with Crippen molar-refractivity contribution in [2.75, 3.05) is 12.4 Å². The number of hydrogen-bond donors (Lipinski definition) is 6. The Kier molecular flexibility index (Phi) is 11.9. The highest BCUT2D eigenvalue weighted by atomic mass is 32.2. The molecule has 3 N–H and O–H groups in total. The van der Waals surface area contributed by atoms with Crippen LogP contribution in [-0.2, 0) is 4.79 Å². The normalized spacial score (nSPS) is 11.8. The van der Waals surface area contributed by atoms with E-state index < -0.39 is 16.7 Å². The molecule has 1 atom stereocenters. The second-order valence-corrected chi connectivity index (χ2v) is 3.54. The first kappa shape index (κ1) is 14.9. The highest BCUT2D eigenvalue weighted by Crippen LogP contribution is 1.96. The molecular formula is C5H12O4S3. The standard InChI is InChI=1S/C3H8O2S.C2H4O2S2/c4-1-3(5)2-6;3-1(4)2(5)6/h3-6H,1-2H2;2,5-6H,(H,3,4). The molecule has 0 aromatic rings. The van der Waals surface area contributed by atoms with Gasteiger partial charge in [0.2, 0.25) is 0 Å². The zero-order valence-electron chi connectivity index (χ0n) is 6.16. The van der Waals surface area contributed by atoms with E-state index in [1.807, 2.05) is 0 Å². The maximum atomic E-state index is 9.55. The fraction of sp³-hybridized carbons (Fsp3) is 0.800. The van der Waals surface area contributed by atoms with E-state index in [-0.39, 0.29) is 6.61 Å². The number of carbonyl (C=O) groups is 1. The van der Waals surface area contributed by atoms with Gasteiger partial charge in [0.25, 0.3) is 0 Å². The van der Waals surface area contributed by atoms with Crippen molar-refractivity contribution in [3.8, 4) is 0 Å². The summed E-state index contributed by atoms with van der Waals surface area (Å²) in [5, 5.41) is 24.2. The van der Waals surface area contributed by atoms with Crippen LogP contribution in [0.3, 0.4) is 0 Å². The molecule has 0 aliphatic heterocycles. The SMILES string of the molecule is O=C(O)C(S)S.OCC(O)CS. The van der Waals surface area contributed by atoms with Crippen molar-refractivity contribution in [1.82, 2.24) is 0 Å². The molecule has 74 valence electrons. The molecule has 0 bridgehead atoms. The van der Waals surface area contributed by atoms with Crippen LogP contribution in [0.25, 0.3) is 0 Å². The van der Waals surface area contributed by atoms with Crippen molar-refractivity contribution in [3.05, 3.63) is 0 Å². The van der Waals surface area contributed by atoms with E-state index in [1.165, 1.54) is 0 Å². The summed E-state index contributed by atoms with van der Waals surface area (Å²) in [4.78, 5) is 9.55. The summed E-state index contributed by atoms with van der Waals surface area (Å²) in [6, 6.07) is 0. The lowest BCUT2D eigenvalue weighted by Crippen LogP contribution is -2.12. The van der Waals surface area contributed by atoms with Crippen LogP contribution in [0.15, 0.2) is 0 Å². The second kappa shape index (κ2) is 9.53. The highest BCUT2D eigenvalue weighted by molar-refractivity contribution is 8.00. The minimum Gasteiger partial charge on any atom is -0.480 e. The van der Waals surface area contributed by atoms with Gasteiger partial charge < -0.3 is 15.3 Å². The van der Waals surface area contributed by atoms with Crippen LogP contribution in [0, 0.1) is 0 Å². The molecule has 0 aromatic carbocycles. The molecule has 0 spiro atoms. The molecule has 0 saturated heterocycles. The predicted octanol–water partition coefficient (Wildman–Crippen LogP) is -0.474. The van der Waals surface area contributed by atoms with Crippen molar-refractivity contribution in [2.24, 2.45) is 0 Å². The van der Waals surface area contributed by atoms with Gasteiger partial charge in [-0.2, -0.15) is 37.9 Å². The number of aliphatic hydroxyl groups is 2. The van der Waals surface area contributed by atoms with Gasteiger partial charge in [-0.05, 0) is 0 Å². The van der Waals surface area contributed by atoms with Crippen LogP contribution in [-0.4, -0.2) is 44.3 Å². The van der Waals surface area contributed by atoms with E-state index in [2.05, 4.69) is 37.9 Å². The molecule has 7 heteroatoms. The molecule has 4 nitrogen and oxygen atoms in total. The van der Waals surface area contributed by atoms with Crippen molar-refractivity contribution < 1.29 is 20.1 Å². The Labute approximate surface area is 87.2 Å². The lowest BCUT2D eigenvalue weighted by atomic mass is 10.4. The summed E-state index contributed by atoms with van der Waals surface area (Å²) >= 11 is 10.6. The van der Waals surface area contributed by atoms with Crippen molar-refractivity contribution in [2.45, 2.75) is 10.7 Å². The van der Waals surface area contributed by atoms with Crippen LogP contribution in [0.4, 0.5) is 0 Å². The number of aliphatic carboxylic acids is 1. The summed E-state index contributed by atoms with van der Waals surface area (Å²) in [5.74, 6) is -0.682. The monoisotopic (exact) mass is 232 g/mol. The average Bonchev–Trinajstić information content (AvgIpc) is 2.04. The molecule has 0 amide bonds. The number of hydrogen-bond acceptors (Lipinski definition) is 6. The van der Waals surface area contributed by atoms with Crippen LogP contribution in [0.1, 0.15) is 0 Å². The minimum atomic E-state index is -1.01. The molecule has 0 radical (unpaired) electrons. The van der Waals surface area contributed by atoms with Crippen LogP contribution < -0.4 is 0 Å². The number of carboxylic acids is 1. The maximum Gasteiger partial charge on any atom is 0.326 e. The predicted molar refractivity (Wildman–Crippen MR) is 56.3 cm³/mol. The third-order valence-corrected chi connectivity index (χ3v) is 1.51. The quantitative estimate of drug-likeness (QED) is 0.294. The van der Waals surface area contributed by atoms with Crippen LogP contribution in [0.2, 0.25) is 0 Å². The van der Waals surface area contributed by atoms with Gasteiger partial charge in [-0.1, -0.05) is 0 Å². The van der Waals surface area contributed by atoms with E-state index in [9.17, 15) is 4.79 Å². The Hall–Kier alpha value is 0.440. The van der Waals surface area contributed by atoms with Gasteiger partial charge in [0, 0.05) is 5.75 Å². The fourth-order valence-corrected chi connectivity index (χ4v) is 0.173. The fourth-order valence-electron chi connectivity index (χ4n) is 0.0577. The van der Waals surface area contributed by atoms with Crippen molar-refractivity contribution in [1.29, 1.82) is 0 Å². The zero-order chi connectivity index (χ0) is 10.1. The van der Waals surface area contributed by atoms with Crippen molar-refractivity contribution in [3.63, 3.8) is 0 Å². The first-order valence-corrected chi connectivity index (χ1v) is 4.61. The van der Waals surface area contributed by atoms with E-state index in [4.69, 9.17) is 15.3 Å². The number of rotatable bonds is 3. The molecule has 0 aliphatic rings. The Morgan fingerprint density at radius 1 is 1.42 bits per heavy atom. The van der Waals surface area contributed by atoms with E-state index in [0.29, 0.717) is 5.75 Å². The third kappa shape index (κ3) is 13.1. The average molecular weight is 232 g/mol. The molecule has 12 heavy (non-hydrogen) atoms. The molecule has 1 unspecified atom stereocenters. The summed E-state index contributed by atoms with van der Waals surface area (Å²) in [5.41, 5.74) is 0. The molecule has 0 heterocycles. The van der Waals surface area contributed by atoms with E-state index in [1.54, 1.807) is 0 Å². The Balaban J connectivity index is 0. The third-order valence-electron chi connectivity index (χ3n) is 0.642. The molecule has 0 fully saturated rings. The van der Waals surface area contributed by atoms with Gasteiger partial charge in [-0.15, -0.1) is 0 Å². The van der Waals surface area contributed by atoms with Gasteiger partial charge in [0.1, 0.15) is 4.58 Å². The topological polar surface area (TPSA) is 77.8 Å². The highest BCUT2D eigenvalue weighted by Gasteiger charge is 2.01. The van der Waals surface area contributed by atoms with Gasteiger partial charge in [-0.25, -0.2) is 0 Å². The Bertz CT molecular complexity index is 115. The zero-order valence-corrected chi connectivity index (χ0v) is 8.84. The number of carboxylic acid groups (broad SMARTS) is 1. The molecule has 0 saturated carbocycles. The summed E-state index contributed by atoms with van der Waals surface area (Å²) in [7, 11) is 0. The largest absolute Gasteiger partial charge is 0.480 e. The van der Waals surface area contributed by atoms with E-state index >= 15 is 0 Å². The summed E-state index contributed by atoms with van der Waals surface area (Å²) in [6.07, 6.45) is -0.645. The minimum absolute atomic E-state index is 0.191. The summed E-state index contributed by atoms with van der Waals surface area (Å²) < 4.78 is -0.843. The smallest absolute Gasteiger partial charge is 0.326 e. The summed E-state index contributed by atoms with van der Waals surface area (Å²) in [6.45, 7) is -0.191. The van der Waals surface area contributed by atoms with Crippen LogP contribution in [0.5, 0.6) is 0 Å². The first-order valence-electron chi connectivity index (χ1n) is 2.94. The van der Waals surface area contributed by atoms with Crippen molar-refractivity contribution >= 4 is 43.9 Å². The lowest BCUT2D eigenvalue weighted by molar-refractivity contribution is -0.134. The Morgan fingerprint density at radius 2 is 1.75 bits per heavy atom. The van der Waals surface area contributed by atoms with Gasteiger partial charge >= 0.3 is 5.97 Å². The van der Waals surface area contributed by atoms with Crippen LogP contribution >= 0.6 is 37.9 Å².